The monoisotopic (exact) mass is 466 g/mol. The summed E-state index contributed by atoms with van der Waals surface area (Å²) in [5.74, 6) is 0.183. The fraction of sp³-hybridized carbons (Fsp3) is 0.423. The first-order valence-electron chi connectivity index (χ1n) is 11.6. The molecule has 0 saturated heterocycles. The Morgan fingerprint density at radius 2 is 1.67 bits per heavy atom. The van der Waals surface area contributed by atoms with Gasteiger partial charge in [0.25, 0.3) is 0 Å². The third-order valence-corrected chi connectivity index (χ3v) is 8.52. The zero-order chi connectivity index (χ0) is 23.3. The number of hydrogen-bond donors (Lipinski definition) is 1. The molecular weight excluding hydrogens is 436 g/mol. The lowest BCUT2D eigenvalue weighted by Crippen LogP contribution is -2.49. The Labute approximate surface area is 194 Å². The van der Waals surface area contributed by atoms with Crippen LogP contribution < -0.4 is 5.73 Å². The minimum Gasteiger partial charge on any atom is -0.369 e. The minimum atomic E-state index is -3.58. The van der Waals surface area contributed by atoms with Crippen molar-refractivity contribution in [1.82, 2.24) is 3.97 Å². The summed E-state index contributed by atoms with van der Waals surface area (Å²) in [5, 5.41) is 0.863. The van der Waals surface area contributed by atoms with Crippen LogP contribution in [0.15, 0.2) is 60.7 Å². The second-order valence-electron chi connectivity index (χ2n) is 9.68. The fourth-order valence-corrected chi connectivity index (χ4v) is 6.46. The summed E-state index contributed by atoms with van der Waals surface area (Å²) < 4.78 is 34.0. The quantitative estimate of drug-likeness (QED) is 0.568. The van der Waals surface area contributed by atoms with Gasteiger partial charge in [-0.25, -0.2) is 12.4 Å². The van der Waals surface area contributed by atoms with Gasteiger partial charge in [0.05, 0.1) is 29.5 Å². The lowest BCUT2D eigenvalue weighted by Gasteiger charge is -2.45. The normalized spacial score (nSPS) is 25.8. The fourth-order valence-electron chi connectivity index (χ4n) is 5.36. The molecule has 0 aliphatic heterocycles. The Bertz CT molecular complexity index is 1280. The molecule has 6 nitrogen and oxygen atoms in total. The predicted octanol–water partition coefficient (Wildman–Crippen LogP) is 4.07. The number of para-hydroxylation sites is 1. The highest BCUT2D eigenvalue weighted by Crippen LogP contribution is 2.51. The van der Waals surface area contributed by atoms with Crippen LogP contribution in [-0.2, 0) is 30.6 Å². The number of primary amides is 1. The molecule has 1 heterocycles. The molecule has 2 fully saturated rings. The third-order valence-electron chi connectivity index (χ3n) is 7.47. The van der Waals surface area contributed by atoms with Gasteiger partial charge >= 0.3 is 0 Å². The molecule has 0 spiro atoms. The van der Waals surface area contributed by atoms with Crippen LogP contribution in [0.1, 0.15) is 49.8 Å². The van der Waals surface area contributed by atoms with E-state index in [1.807, 2.05) is 60.7 Å². The Balaban J connectivity index is 1.61. The molecule has 3 aromatic rings. The highest BCUT2D eigenvalue weighted by atomic mass is 32.2. The number of benzene rings is 2. The third kappa shape index (κ3) is 3.87. The van der Waals surface area contributed by atoms with E-state index in [2.05, 4.69) is 0 Å². The van der Waals surface area contributed by atoms with Crippen molar-refractivity contribution < 1.29 is 17.9 Å². The van der Waals surface area contributed by atoms with Crippen LogP contribution >= 0.6 is 0 Å². The van der Waals surface area contributed by atoms with Crippen molar-refractivity contribution in [3.63, 3.8) is 0 Å². The van der Waals surface area contributed by atoms with E-state index in [0.717, 1.165) is 23.8 Å². The van der Waals surface area contributed by atoms with Crippen molar-refractivity contribution in [2.24, 2.45) is 11.7 Å². The number of nitrogens with zero attached hydrogens (tertiary/aromatic N) is 1. The molecule has 174 valence electrons. The van der Waals surface area contributed by atoms with E-state index in [9.17, 15) is 13.2 Å². The number of ether oxygens (including phenoxy) is 1. The Morgan fingerprint density at radius 3 is 2.27 bits per heavy atom. The Morgan fingerprint density at radius 1 is 1.03 bits per heavy atom. The van der Waals surface area contributed by atoms with E-state index < -0.39 is 21.0 Å². The summed E-state index contributed by atoms with van der Waals surface area (Å²) in [6.07, 6.45) is 5.55. The van der Waals surface area contributed by atoms with Gasteiger partial charge in [0, 0.05) is 5.39 Å². The summed E-state index contributed by atoms with van der Waals surface area (Å²) in [5.41, 5.74) is 6.61. The van der Waals surface area contributed by atoms with Crippen LogP contribution in [0, 0.1) is 5.92 Å². The van der Waals surface area contributed by atoms with Crippen molar-refractivity contribution in [3.05, 3.63) is 71.9 Å². The van der Waals surface area contributed by atoms with E-state index in [1.54, 1.807) is 0 Å². The number of fused-ring (bicyclic) bond motifs is 1. The van der Waals surface area contributed by atoms with Gasteiger partial charge in [-0.3, -0.25) is 4.79 Å². The number of nitrogens with two attached hydrogens (primary N) is 1. The van der Waals surface area contributed by atoms with E-state index >= 15 is 0 Å². The van der Waals surface area contributed by atoms with Crippen molar-refractivity contribution in [2.45, 2.75) is 49.5 Å². The van der Waals surface area contributed by atoms with Crippen LogP contribution in [0.4, 0.5) is 0 Å². The molecular formula is C26H30N2O4S. The van der Waals surface area contributed by atoms with Crippen molar-refractivity contribution in [2.75, 3.05) is 12.9 Å². The van der Waals surface area contributed by atoms with E-state index in [4.69, 9.17) is 10.5 Å². The van der Waals surface area contributed by atoms with Crippen LogP contribution in [0.3, 0.4) is 0 Å². The molecule has 33 heavy (non-hydrogen) atoms. The second-order valence-corrected chi connectivity index (χ2v) is 11.5. The van der Waals surface area contributed by atoms with Gasteiger partial charge in [-0.05, 0) is 62.1 Å². The van der Waals surface area contributed by atoms with E-state index in [1.165, 1.54) is 10.2 Å². The SMILES string of the molecule is CS(=O)(=O)n1c(C2(OCC3CC3)CCC(C(N)=O)(c3ccccc3)CC2)cc2ccccc21. The summed E-state index contributed by atoms with van der Waals surface area (Å²) in [6.45, 7) is 0.597. The number of rotatable bonds is 7. The average molecular weight is 467 g/mol. The van der Waals surface area contributed by atoms with Crippen molar-refractivity contribution in [3.8, 4) is 0 Å². The number of carbonyl (C=O) groups is 1. The van der Waals surface area contributed by atoms with Crippen LogP contribution in [-0.4, -0.2) is 31.2 Å². The van der Waals surface area contributed by atoms with Crippen LogP contribution in [0.25, 0.3) is 10.9 Å². The van der Waals surface area contributed by atoms with Crippen molar-refractivity contribution in [1.29, 1.82) is 0 Å². The predicted molar refractivity (Wildman–Crippen MR) is 128 cm³/mol. The second kappa shape index (κ2) is 7.99. The standard InChI is InChI=1S/C26H30N2O4S/c1-33(30,31)28-22-10-6-5-7-20(22)17-23(28)26(32-18-19-11-12-19)15-13-25(14-16-26,24(27)29)21-8-3-2-4-9-21/h2-10,17,19H,11-16,18H2,1H3,(H2,27,29). The molecule has 2 aliphatic rings. The first-order chi connectivity index (χ1) is 15.8. The largest absolute Gasteiger partial charge is 0.369 e. The summed E-state index contributed by atoms with van der Waals surface area (Å²) in [7, 11) is -3.58. The van der Waals surface area contributed by atoms with Gasteiger partial charge in [-0.2, -0.15) is 0 Å². The van der Waals surface area contributed by atoms with Crippen LogP contribution in [0.2, 0.25) is 0 Å². The lowest BCUT2D eigenvalue weighted by molar-refractivity contribution is -0.132. The molecule has 5 rings (SSSR count). The maximum atomic E-state index is 13.0. The smallest absolute Gasteiger partial charge is 0.236 e. The molecule has 1 aromatic heterocycles. The average Bonchev–Trinajstić information content (AvgIpc) is 3.54. The van der Waals surface area contributed by atoms with Gasteiger partial charge in [0.15, 0.2) is 0 Å². The molecule has 2 N–H and O–H groups in total. The summed E-state index contributed by atoms with van der Waals surface area (Å²) in [4.78, 5) is 12.7. The number of hydrogen-bond acceptors (Lipinski definition) is 4. The van der Waals surface area contributed by atoms with Crippen molar-refractivity contribution >= 4 is 26.8 Å². The van der Waals surface area contributed by atoms with Gasteiger partial charge in [-0.1, -0.05) is 48.5 Å². The zero-order valence-electron chi connectivity index (χ0n) is 18.9. The maximum Gasteiger partial charge on any atom is 0.236 e. The summed E-state index contributed by atoms with van der Waals surface area (Å²) in [6, 6.07) is 19.1. The number of aromatic nitrogens is 1. The highest BCUT2D eigenvalue weighted by molar-refractivity contribution is 7.89. The zero-order valence-corrected chi connectivity index (χ0v) is 19.7. The molecule has 0 atom stereocenters. The number of amides is 1. The molecule has 2 aromatic carbocycles. The first kappa shape index (κ1) is 22.2. The molecule has 0 radical (unpaired) electrons. The molecule has 0 unspecified atom stereocenters. The number of carbonyl (C=O) groups excluding carboxylic acids is 1. The highest BCUT2D eigenvalue weighted by Gasteiger charge is 2.50. The Hall–Kier alpha value is -2.64. The first-order valence-corrected chi connectivity index (χ1v) is 13.4. The molecule has 7 heteroatoms. The van der Waals surface area contributed by atoms with E-state index in [0.29, 0.717) is 49.4 Å². The van der Waals surface area contributed by atoms with E-state index in [-0.39, 0.29) is 5.91 Å². The van der Waals surface area contributed by atoms with Gasteiger partial charge < -0.3 is 10.5 Å². The maximum absolute atomic E-state index is 13.0. The van der Waals surface area contributed by atoms with Gasteiger partial charge in [0.2, 0.25) is 15.9 Å². The molecule has 1 amide bonds. The minimum absolute atomic E-state index is 0.340. The lowest BCUT2D eigenvalue weighted by atomic mass is 9.64. The van der Waals surface area contributed by atoms with Crippen LogP contribution in [0.5, 0.6) is 0 Å². The van der Waals surface area contributed by atoms with Gasteiger partial charge in [0.1, 0.15) is 5.60 Å². The molecule has 2 aliphatic carbocycles. The molecule has 2 saturated carbocycles. The van der Waals surface area contributed by atoms with Gasteiger partial charge in [-0.15, -0.1) is 0 Å². The molecule has 0 bridgehead atoms. The summed E-state index contributed by atoms with van der Waals surface area (Å²) >= 11 is 0. The Kier molecular flexibility index (Phi) is 5.37. The topological polar surface area (TPSA) is 91.4 Å².